The first-order valence-electron chi connectivity index (χ1n) is 9.36. The summed E-state index contributed by atoms with van der Waals surface area (Å²) in [6, 6.07) is 7.91. The van der Waals surface area contributed by atoms with Gasteiger partial charge in [-0.05, 0) is 30.7 Å². The lowest BCUT2D eigenvalue weighted by Gasteiger charge is -2.46. The number of esters is 2. The van der Waals surface area contributed by atoms with Crippen LogP contribution < -0.4 is 4.74 Å². The number of aromatic nitrogens is 1. The van der Waals surface area contributed by atoms with Crippen LogP contribution >= 0.6 is 0 Å². The third kappa shape index (κ3) is 3.54. The molecule has 1 aliphatic heterocycles. The number of fused-ring (bicyclic) bond motifs is 1. The van der Waals surface area contributed by atoms with E-state index in [0.29, 0.717) is 12.8 Å². The van der Waals surface area contributed by atoms with Crippen LogP contribution in [0.1, 0.15) is 32.3 Å². The number of ether oxygens (including phenoxy) is 4. The molecule has 1 aromatic carbocycles. The molecule has 0 radical (unpaired) electrons. The van der Waals surface area contributed by atoms with Crippen molar-refractivity contribution >= 4 is 22.8 Å². The summed E-state index contributed by atoms with van der Waals surface area (Å²) in [7, 11) is 0. The molecule has 2 heterocycles. The van der Waals surface area contributed by atoms with E-state index in [1.54, 1.807) is 0 Å². The van der Waals surface area contributed by atoms with Gasteiger partial charge in [0.2, 0.25) is 0 Å². The summed E-state index contributed by atoms with van der Waals surface area (Å²) in [5, 5.41) is 1.07. The van der Waals surface area contributed by atoms with Crippen LogP contribution in [0, 0.1) is 6.92 Å². The van der Waals surface area contributed by atoms with E-state index in [9.17, 15) is 9.59 Å². The molecule has 1 spiro atoms. The van der Waals surface area contributed by atoms with Gasteiger partial charge in [-0.15, -0.1) is 0 Å². The lowest BCUT2D eigenvalue weighted by Crippen LogP contribution is -2.58. The van der Waals surface area contributed by atoms with Crippen LogP contribution in [0.5, 0.6) is 5.75 Å². The van der Waals surface area contributed by atoms with Gasteiger partial charge in [-0.1, -0.05) is 0 Å². The van der Waals surface area contributed by atoms with Crippen LogP contribution in [-0.2, 0) is 23.8 Å². The van der Waals surface area contributed by atoms with Gasteiger partial charge in [0.05, 0.1) is 12.1 Å². The predicted octanol–water partition coefficient (Wildman–Crippen LogP) is 2.72. The Labute approximate surface area is 162 Å². The lowest BCUT2D eigenvalue weighted by atomic mass is 9.73. The second-order valence-electron chi connectivity index (χ2n) is 7.57. The highest BCUT2D eigenvalue weighted by Crippen LogP contribution is 2.47. The van der Waals surface area contributed by atoms with Gasteiger partial charge in [0, 0.05) is 44.3 Å². The van der Waals surface area contributed by atoms with Crippen LogP contribution in [0.3, 0.4) is 0 Å². The fourth-order valence-electron chi connectivity index (χ4n) is 4.05. The fraction of sp³-hybridized carbons (Fsp3) is 0.476. The average molecular weight is 385 g/mol. The zero-order valence-electron chi connectivity index (χ0n) is 16.1. The number of hydrogen-bond acceptors (Lipinski definition) is 7. The van der Waals surface area contributed by atoms with Gasteiger partial charge >= 0.3 is 11.9 Å². The smallest absolute Gasteiger partial charge is 0.303 e. The molecule has 0 amide bonds. The number of nitrogens with zero attached hydrogens (tertiary/aromatic N) is 1. The summed E-state index contributed by atoms with van der Waals surface area (Å²) in [5.41, 5.74) is 1.32. The van der Waals surface area contributed by atoms with Crippen molar-refractivity contribution in [2.24, 2.45) is 0 Å². The van der Waals surface area contributed by atoms with Crippen LogP contribution in [-0.4, -0.2) is 47.4 Å². The van der Waals surface area contributed by atoms with E-state index in [1.807, 2.05) is 31.3 Å². The van der Waals surface area contributed by atoms with Gasteiger partial charge in [0.1, 0.15) is 17.5 Å². The molecule has 2 aromatic rings. The Kier molecular flexibility index (Phi) is 4.71. The Morgan fingerprint density at radius 1 is 1.14 bits per heavy atom. The largest absolute Gasteiger partial charge is 0.490 e. The van der Waals surface area contributed by atoms with Crippen LogP contribution in [0.4, 0.5) is 0 Å². The maximum absolute atomic E-state index is 11.5. The van der Waals surface area contributed by atoms with Crippen molar-refractivity contribution in [2.75, 3.05) is 6.61 Å². The molecule has 1 saturated heterocycles. The van der Waals surface area contributed by atoms with E-state index in [4.69, 9.17) is 18.9 Å². The van der Waals surface area contributed by atoms with Gasteiger partial charge in [0.25, 0.3) is 0 Å². The fourth-order valence-corrected chi connectivity index (χ4v) is 4.05. The number of hydrogen-bond donors (Lipinski definition) is 0. The maximum atomic E-state index is 11.5. The molecule has 2 fully saturated rings. The number of aryl methyl sites for hydroxylation is 1. The van der Waals surface area contributed by atoms with Crippen molar-refractivity contribution in [3.8, 4) is 5.75 Å². The van der Waals surface area contributed by atoms with Crippen LogP contribution in [0.25, 0.3) is 10.9 Å². The molecular weight excluding hydrogens is 362 g/mol. The van der Waals surface area contributed by atoms with Crippen LogP contribution in [0.2, 0.25) is 0 Å². The third-order valence-electron chi connectivity index (χ3n) is 5.24. The Morgan fingerprint density at radius 2 is 1.89 bits per heavy atom. The van der Waals surface area contributed by atoms with Gasteiger partial charge < -0.3 is 18.9 Å². The summed E-state index contributed by atoms with van der Waals surface area (Å²) < 4.78 is 22.7. The predicted molar refractivity (Wildman–Crippen MR) is 99.9 cm³/mol. The van der Waals surface area contributed by atoms with Gasteiger partial charge in [-0.3, -0.25) is 14.6 Å². The summed E-state index contributed by atoms with van der Waals surface area (Å²) >= 11 is 0. The molecule has 1 saturated carbocycles. The van der Waals surface area contributed by atoms with E-state index in [1.165, 1.54) is 13.8 Å². The minimum absolute atomic E-state index is 0.0722. The maximum Gasteiger partial charge on any atom is 0.303 e. The van der Waals surface area contributed by atoms with Crippen molar-refractivity contribution in [2.45, 2.75) is 57.5 Å². The molecule has 0 unspecified atom stereocenters. The molecule has 7 nitrogen and oxygen atoms in total. The average Bonchev–Trinajstić information content (AvgIpc) is 2.92. The lowest BCUT2D eigenvalue weighted by molar-refractivity contribution is -0.189. The number of benzene rings is 1. The second-order valence-corrected chi connectivity index (χ2v) is 7.57. The highest BCUT2D eigenvalue weighted by atomic mass is 16.6. The first-order chi connectivity index (χ1) is 13.3. The highest BCUT2D eigenvalue weighted by Gasteiger charge is 2.61. The zero-order chi connectivity index (χ0) is 19.9. The Balaban J connectivity index is 1.44. The molecular formula is C21H23NO6. The normalized spacial score (nSPS) is 28.8. The summed E-state index contributed by atoms with van der Waals surface area (Å²) in [5.74, 6) is -0.108. The zero-order valence-corrected chi connectivity index (χ0v) is 16.1. The number of carbonyl (C=O) groups excluding carboxylic acids is 2. The SMILES string of the molecule is CC(=O)O[C@H]1COC2(CC(Oc3ccc4cc(C)cnc4c3)C2)[C@H]1OC(C)=O. The first kappa shape index (κ1) is 18.7. The van der Waals surface area contributed by atoms with Gasteiger partial charge in [0.15, 0.2) is 12.2 Å². The molecule has 2 aliphatic rings. The third-order valence-corrected chi connectivity index (χ3v) is 5.24. The van der Waals surface area contributed by atoms with Crippen molar-refractivity contribution in [1.29, 1.82) is 0 Å². The quantitative estimate of drug-likeness (QED) is 0.748. The van der Waals surface area contributed by atoms with Gasteiger partial charge in [-0.2, -0.15) is 0 Å². The molecule has 0 N–H and O–H groups in total. The molecule has 148 valence electrons. The summed E-state index contributed by atoms with van der Waals surface area (Å²) in [6.45, 7) is 4.89. The Bertz CT molecular complexity index is 920. The Hall–Kier alpha value is -2.67. The van der Waals surface area contributed by atoms with Crippen molar-refractivity contribution < 1.29 is 28.5 Å². The number of rotatable bonds is 4. The summed E-state index contributed by atoms with van der Waals surface area (Å²) in [6.07, 6.45) is 1.67. The molecule has 4 rings (SSSR count). The van der Waals surface area contributed by atoms with Crippen LogP contribution in [0.15, 0.2) is 30.5 Å². The number of pyridine rings is 1. The summed E-state index contributed by atoms with van der Waals surface area (Å²) in [4.78, 5) is 27.3. The topological polar surface area (TPSA) is 84.0 Å². The van der Waals surface area contributed by atoms with E-state index < -0.39 is 29.7 Å². The van der Waals surface area contributed by atoms with E-state index in [0.717, 1.165) is 22.2 Å². The molecule has 2 atom stereocenters. The Morgan fingerprint density at radius 3 is 2.61 bits per heavy atom. The van der Waals surface area contributed by atoms with Crippen molar-refractivity contribution in [1.82, 2.24) is 4.98 Å². The highest BCUT2D eigenvalue weighted by molar-refractivity contribution is 5.80. The minimum atomic E-state index is -0.664. The second kappa shape index (κ2) is 7.05. The van der Waals surface area contributed by atoms with Gasteiger partial charge in [-0.25, -0.2) is 0 Å². The minimum Gasteiger partial charge on any atom is -0.490 e. The van der Waals surface area contributed by atoms with E-state index in [2.05, 4.69) is 11.1 Å². The molecule has 0 bridgehead atoms. The van der Waals surface area contributed by atoms with E-state index >= 15 is 0 Å². The number of carbonyl (C=O) groups is 2. The first-order valence-corrected chi connectivity index (χ1v) is 9.36. The molecule has 7 heteroatoms. The van der Waals surface area contributed by atoms with Crippen molar-refractivity contribution in [3.63, 3.8) is 0 Å². The van der Waals surface area contributed by atoms with Crippen molar-refractivity contribution in [3.05, 3.63) is 36.0 Å². The molecule has 1 aromatic heterocycles. The molecule has 28 heavy (non-hydrogen) atoms. The molecule has 1 aliphatic carbocycles. The van der Waals surface area contributed by atoms with E-state index in [-0.39, 0.29) is 12.7 Å². The standard InChI is InChI=1S/C21H23NO6/c1-12-6-15-4-5-16(7-18(15)22-10-12)28-17-8-21(9-17)20(27-14(3)24)19(11-25-21)26-13(2)23/h4-7,10,17,19-20H,8-9,11H2,1-3H3/t17?,19-,20-,21?/m0/s1. The monoisotopic (exact) mass is 385 g/mol.